The summed E-state index contributed by atoms with van der Waals surface area (Å²) in [7, 11) is 0. The van der Waals surface area contributed by atoms with Gasteiger partial charge >= 0.3 is 5.97 Å². The Morgan fingerprint density at radius 3 is 2.62 bits per heavy atom. The number of aromatic nitrogens is 1. The van der Waals surface area contributed by atoms with E-state index >= 15 is 0 Å². The van der Waals surface area contributed by atoms with Gasteiger partial charge in [0.25, 0.3) is 5.91 Å². The van der Waals surface area contributed by atoms with Crippen LogP contribution in [0, 0.1) is 0 Å². The Morgan fingerprint density at radius 2 is 1.88 bits per heavy atom. The minimum atomic E-state index is -0.759. The van der Waals surface area contributed by atoms with Crippen LogP contribution in [-0.2, 0) is 16.0 Å². The van der Waals surface area contributed by atoms with Crippen molar-refractivity contribution in [1.29, 1.82) is 0 Å². The highest BCUT2D eigenvalue weighted by Gasteiger charge is 2.24. The lowest BCUT2D eigenvalue weighted by Crippen LogP contribution is -2.43. The van der Waals surface area contributed by atoms with Crippen LogP contribution in [0.25, 0.3) is 10.9 Å². The van der Waals surface area contributed by atoms with Crippen molar-refractivity contribution in [3.05, 3.63) is 70.3 Å². The molecule has 0 saturated heterocycles. The molecule has 26 heavy (non-hydrogen) atoms. The summed E-state index contributed by atoms with van der Waals surface area (Å²) in [6.45, 7) is 2.01. The third-order valence-electron chi connectivity index (χ3n) is 4.08. The topological polar surface area (TPSA) is 71.2 Å². The Morgan fingerprint density at radius 1 is 1.15 bits per heavy atom. The molecule has 1 amide bonds. The fourth-order valence-electron chi connectivity index (χ4n) is 2.80. The highest BCUT2D eigenvalue weighted by Crippen LogP contribution is 2.19. The molecule has 0 spiro atoms. The lowest BCUT2D eigenvalue weighted by Gasteiger charge is -2.17. The Balaban J connectivity index is 1.82. The largest absolute Gasteiger partial charge is 0.464 e. The van der Waals surface area contributed by atoms with Crippen molar-refractivity contribution in [1.82, 2.24) is 10.3 Å². The summed E-state index contributed by atoms with van der Waals surface area (Å²) in [5, 5.41) is 3.83. The molecule has 0 aliphatic rings. The zero-order valence-electron chi connectivity index (χ0n) is 14.3. The number of H-pyrrole nitrogens is 1. The summed E-state index contributed by atoms with van der Waals surface area (Å²) in [5.41, 5.74) is 2.43. The second-order valence-corrected chi connectivity index (χ2v) is 6.76. The average Bonchev–Trinajstić information content (AvgIpc) is 3.05. The van der Waals surface area contributed by atoms with Gasteiger partial charge in [0.2, 0.25) is 0 Å². The molecule has 0 saturated carbocycles. The third kappa shape index (κ3) is 4.14. The van der Waals surface area contributed by atoms with Gasteiger partial charge in [-0.3, -0.25) is 4.79 Å². The number of halogens is 1. The number of benzene rings is 2. The molecule has 5 nitrogen and oxygen atoms in total. The minimum Gasteiger partial charge on any atom is -0.464 e. The molecule has 0 fully saturated rings. The molecule has 0 radical (unpaired) electrons. The van der Waals surface area contributed by atoms with E-state index in [-0.39, 0.29) is 12.5 Å². The Hall–Kier alpha value is -2.60. The van der Waals surface area contributed by atoms with Crippen LogP contribution in [-0.4, -0.2) is 29.5 Å². The van der Waals surface area contributed by atoms with E-state index in [2.05, 4.69) is 26.2 Å². The first-order valence-electron chi connectivity index (χ1n) is 8.36. The summed E-state index contributed by atoms with van der Waals surface area (Å²) >= 11 is 3.34. The molecule has 0 bridgehead atoms. The van der Waals surface area contributed by atoms with E-state index in [1.54, 1.807) is 31.2 Å². The van der Waals surface area contributed by atoms with Gasteiger partial charge < -0.3 is 15.0 Å². The van der Waals surface area contributed by atoms with Gasteiger partial charge in [0.1, 0.15) is 6.04 Å². The average molecular weight is 415 g/mol. The molecule has 2 N–H and O–H groups in total. The summed E-state index contributed by atoms with van der Waals surface area (Å²) in [6, 6.07) is 14.1. The molecule has 3 rings (SSSR count). The molecule has 1 atom stereocenters. The van der Waals surface area contributed by atoms with E-state index in [9.17, 15) is 9.59 Å². The molecular formula is C20H19BrN2O3. The van der Waals surface area contributed by atoms with E-state index in [4.69, 9.17) is 4.74 Å². The van der Waals surface area contributed by atoms with E-state index in [0.717, 1.165) is 20.9 Å². The van der Waals surface area contributed by atoms with Gasteiger partial charge in [-0.15, -0.1) is 0 Å². The quantitative estimate of drug-likeness (QED) is 0.601. The van der Waals surface area contributed by atoms with Crippen molar-refractivity contribution < 1.29 is 14.3 Å². The zero-order valence-corrected chi connectivity index (χ0v) is 15.9. The third-order valence-corrected chi connectivity index (χ3v) is 4.61. The fraction of sp³-hybridized carbons (Fsp3) is 0.200. The molecule has 2 aromatic carbocycles. The van der Waals surface area contributed by atoms with Gasteiger partial charge in [-0.25, -0.2) is 4.79 Å². The van der Waals surface area contributed by atoms with Crippen molar-refractivity contribution in [3.63, 3.8) is 0 Å². The first-order valence-corrected chi connectivity index (χ1v) is 9.16. The number of para-hydroxylation sites is 1. The molecule has 0 unspecified atom stereocenters. The molecule has 134 valence electrons. The molecule has 1 heterocycles. The smallest absolute Gasteiger partial charge is 0.328 e. The number of hydrogen-bond acceptors (Lipinski definition) is 3. The van der Waals surface area contributed by atoms with Crippen molar-refractivity contribution in [2.24, 2.45) is 0 Å². The van der Waals surface area contributed by atoms with Crippen molar-refractivity contribution in [3.8, 4) is 0 Å². The monoisotopic (exact) mass is 414 g/mol. The predicted molar refractivity (Wildman–Crippen MR) is 104 cm³/mol. The highest BCUT2D eigenvalue weighted by atomic mass is 79.9. The van der Waals surface area contributed by atoms with E-state index in [1.807, 2.05) is 30.5 Å². The lowest BCUT2D eigenvalue weighted by atomic mass is 10.0. The summed E-state index contributed by atoms with van der Waals surface area (Å²) in [4.78, 5) is 28.1. The molecular weight excluding hydrogens is 396 g/mol. The number of amides is 1. The Labute approximate surface area is 159 Å². The maximum atomic E-state index is 12.5. The minimum absolute atomic E-state index is 0.261. The second-order valence-electron chi connectivity index (χ2n) is 5.85. The fourth-order valence-corrected chi connectivity index (χ4v) is 3.06. The Bertz CT molecular complexity index is 918. The number of fused-ring (bicyclic) bond motifs is 1. The number of rotatable bonds is 6. The van der Waals surface area contributed by atoms with Crippen LogP contribution in [0.5, 0.6) is 0 Å². The molecule has 6 heteroatoms. The first-order chi connectivity index (χ1) is 12.6. The van der Waals surface area contributed by atoms with Crippen molar-refractivity contribution in [2.45, 2.75) is 19.4 Å². The van der Waals surface area contributed by atoms with Gasteiger partial charge in [0.05, 0.1) is 6.61 Å². The van der Waals surface area contributed by atoms with Crippen LogP contribution < -0.4 is 5.32 Å². The maximum Gasteiger partial charge on any atom is 0.328 e. The molecule has 0 aliphatic heterocycles. The van der Waals surface area contributed by atoms with E-state index in [0.29, 0.717) is 12.0 Å². The Kier molecular flexibility index (Phi) is 5.73. The van der Waals surface area contributed by atoms with Crippen LogP contribution in [0.4, 0.5) is 0 Å². The summed E-state index contributed by atoms with van der Waals surface area (Å²) in [5.74, 6) is -0.751. The van der Waals surface area contributed by atoms with Crippen LogP contribution in [0.15, 0.2) is 59.2 Å². The lowest BCUT2D eigenvalue weighted by molar-refractivity contribution is -0.145. The van der Waals surface area contributed by atoms with Crippen molar-refractivity contribution in [2.75, 3.05) is 6.61 Å². The van der Waals surface area contributed by atoms with Crippen molar-refractivity contribution >= 4 is 38.7 Å². The van der Waals surface area contributed by atoms with Gasteiger partial charge in [0.15, 0.2) is 0 Å². The number of carbonyl (C=O) groups is 2. The number of nitrogens with one attached hydrogen (secondary N) is 2. The standard InChI is InChI=1S/C20H19BrN2O3/c1-2-26-20(25)18(23-19(24)13-7-9-15(21)10-8-13)11-14-12-22-17-6-4-3-5-16(14)17/h3-10,12,18,22H,2,11H2,1H3,(H,23,24)/t18-/m0/s1. The summed E-state index contributed by atoms with van der Waals surface area (Å²) in [6.07, 6.45) is 2.22. The predicted octanol–water partition coefficient (Wildman–Crippen LogP) is 3.83. The van der Waals surface area contributed by atoms with Crippen LogP contribution in [0.2, 0.25) is 0 Å². The van der Waals surface area contributed by atoms with E-state index in [1.165, 1.54) is 0 Å². The number of carbonyl (C=O) groups excluding carboxylic acids is 2. The number of ether oxygens (including phenoxy) is 1. The zero-order chi connectivity index (χ0) is 18.5. The number of hydrogen-bond donors (Lipinski definition) is 2. The van der Waals surface area contributed by atoms with Gasteiger partial charge in [0, 0.05) is 33.6 Å². The molecule has 0 aliphatic carbocycles. The maximum absolute atomic E-state index is 12.5. The normalized spacial score (nSPS) is 11.9. The second kappa shape index (κ2) is 8.19. The summed E-state index contributed by atoms with van der Waals surface area (Å²) < 4.78 is 6.03. The SMILES string of the molecule is CCOC(=O)[C@H](Cc1c[nH]c2ccccc12)NC(=O)c1ccc(Br)cc1. The van der Waals surface area contributed by atoms with Crippen LogP contribution in [0.3, 0.4) is 0 Å². The van der Waals surface area contributed by atoms with Gasteiger partial charge in [-0.1, -0.05) is 34.1 Å². The number of aromatic amines is 1. The van der Waals surface area contributed by atoms with Gasteiger partial charge in [-0.05, 0) is 42.8 Å². The van der Waals surface area contributed by atoms with E-state index < -0.39 is 12.0 Å². The first kappa shape index (κ1) is 18.2. The van der Waals surface area contributed by atoms with Crippen LogP contribution in [0.1, 0.15) is 22.8 Å². The van der Waals surface area contributed by atoms with Gasteiger partial charge in [-0.2, -0.15) is 0 Å². The highest BCUT2D eigenvalue weighted by molar-refractivity contribution is 9.10. The molecule has 3 aromatic rings. The van der Waals surface area contributed by atoms with Crippen LogP contribution >= 0.6 is 15.9 Å². The molecule has 1 aromatic heterocycles. The number of esters is 1.